The summed E-state index contributed by atoms with van der Waals surface area (Å²) in [5.41, 5.74) is 6.29. The van der Waals surface area contributed by atoms with Crippen LogP contribution in [0.3, 0.4) is 0 Å². The second kappa shape index (κ2) is 5.61. The molecule has 0 bridgehead atoms. The summed E-state index contributed by atoms with van der Waals surface area (Å²) in [5.74, 6) is -0.210. The Hall–Kier alpha value is -2.28. The van der Waals surface area contributed by atoms with Crippen LogP contribution in [0.25, 0.3) is 0 Å². The number of nitrogen functional groups attached to an aromatic ring is 1. The van der Waals surface area contributed by atoms with Gasteiger partial charge in [-0.1, -0.05) is 6.07 Å². The number of anilines is 2. The molecule has 0 aliphatic carbocycles. The quantitative estimate of drug-likeness (QED) is 0.850. The van der Waals surface area contributed by atoms with Crippen LogP contribution in [0.4, 0.5) is 15.8 Å². The minimum Gasteiger partial charge on any atom is -0.497 e. The molecule has 0 spiro atoms. The molecule has 2 rings (SSSR count). The number of halogens is 1. The number of nitrogens with two attached hydrogens (primary N) is 1. The van der Waals surface area contributed by atoms with Crippen molar-refractivity contribution in [2.45, 2.75) is 11.8 Å². The van der Waals surface area contributed by atoms with Gasteiger partial charge >= 0.3 is 0 Å². The minimum atomic E-state index is -3.97. The maximum atomic E-state index is 13.7. The van der Waals surface area contributed by atoms with E-state index in [1.165, 1.54) is 37.4 Å². The standard InChI is InChI=1S/C14H15FN2O3S/c1-9-3-5-13(11(15)7-9)17-21(18,19)14-6-4-10(20-2)8-12(14)16/h3-8,17H,16H2,1-2H3. The molecule has 0 saturated heterocycles. The maximum Gasteiger partial charge on any atom is 0.264 e. The van der Waals surface area contributed by atoms with Crippen LogP contribution in [0, 0.1) is 12.7 Å². The van der Waals surface area contributed by atoms with Gasteiger partial charge in [0.25, 0.3) is 10.0 Å². The van der Waals surface area contributed by atoms with Crippen LogP contribution >= 0.6 is 0 Å². The highest BCUT2D eigenvalue weighted by Crippen LogP contribution is 2.26. The first-order valence-electron chi connectivity index (χ1n) is 6.06. The van der Waals surface area contributed by atoms with Crippen molar-refractivity contribution in [2.24, 2.45) is 0 Å². The fourth-order valence-corrected chi connectivity index (χ4v) is 2.98. The number of nitrogens with one attached hydrogen (secondary N) is 1. The van der Waals surface area contributed by atoms with E-state index in [4.69, 9.17) is 10.5 Å². The van der Waals surface area contributed by atoms with Crippen molar-refractivity contribution in [3.05, 3.63) is 47.8 Å². The molecule has 2 aromatic carbocycles. The normalized spacial score (nSPS) is 11.2. The van der Waals surface area contributed by atoms with E-state index in [0.717, 1.165) is 0 Å². The van der Waals surface area contributed by atoms with E-state index < -0.39 is 15.8 Å². The molecule has 0 aromatic heterocycles. The number of hydrogen-bond donors (Lipinski definition) is 2. The molecule has 0 radical (unpaired) electrons. The van der Waals surface area contributed by atoms with Gasteiger partial charge < -0.3 is 10.5 Å². The third-order valence-electron chi connectivity index (χ3n) is 2.88. The van der Waals surface area contributed by atoms with E-state index in [0.29, 0.717) is 11.3 Å². The summed E-state index contributed by atoms with van der Waals surface area (Å²) in [7, 11) is -2.53. The van der Waals surface area contributed by atoms with Crippen LogP contribution in [0.2, 0.25) is 0 Å². The van der Waals surface area contributed by atoms with E-state index in [2.05, 4.69) is 4.72 Å². The van der Waals surface area contributed by atoms with Crippen LogP contribution in [0.1, 0.15) is 5.56 Å². The van der Waals surface area contributed by atoms with Crippen LogP contribution in [0.15, 0.2) is 41.3 Å². The molecule has 5 nitrogen and oxygen atoms in total. The monoisotopic (exact) mass is 310 g/mol. The number of ether oxygens (including phenoxy) is 1. The molecule has 0 saturated carbocycles. The first-order valence-corrected chi connectivity index (χ1v) is 7.54. The van der Waals surface area contributed by atoms with Gasteiger partial charge in [-0.05, 0) is 36.8 Å². The summed E-state index contributed by atoms with van der Waals surface area (Å²) in [6, 6.07) is 8.38. The van der Waals surface area contributed by atoms with Crippen LogP contribution in [0.5, 0.6) is 5.75 Å². The average Bonchev–Trinajstić information content (AvgIpc) is 2.41. The first-order chi connectivity index (χ1) is 9.83. The number of methoxy groups -OCH3 is 1. The molecule has 0 fully saturated rings. The molecule has 21 heavy (non-hydrogen) atoms. The molecule has 3 N–H and O–H groups in total. The molecule has 112 valence electrons. The second-order valence-electron chi connectivity index (χ2n) is 4.49. The molecule has 7 heteroatoms. The van der Waals surface area contributed by atoms with Gasteiger partial charge in [0, 0.05) is 6.07 Å². The van der Waals surface area contributed by atoms with Gasteiger partial charge in [-0.2, -0.15) is 0 Å². The van der Waals surface area contributed by atoms with Crippen molar-refractivity contribution in [3.8, 4) is 5.75 Å². The summed E-state index contributed by atoms with van der Waals surface area (Å²) in [4.78, 5) is -0.136. The Morgan fingerprint density at radius 3 is 2.48 bits per heavy atom. The average molecular weight is 310 g/mol. The highest BCUT2D eigenvalue weighted by molar-refractivity contribution is 7.92. The van der Waals surface area contributed by atoms with Gasteiger partial charge in [0.05, 0.1) is 18.5 Å². The lowest BCUT2D eigenvalue weighted by Crippen LogP contribution is -2.15. The number of rotatable bonds is 4. The van der Waals surface area contributed by atoms with Crippen LogP contribution in [-0.4, -0.2) is 15.5 Å². The summed E-state index contributed by atoms with van der Waals surface area (Å²) < 4.78 is 45.4. The number of aryl methyl sites for hydroxylation is 1. The number of sulfonamides is 1. The smallest absolute Gasteiger partial charge is 0.264 e. The third-order valence-corrected chi connectivity index (χ3v) is 4.31. The van der Waals surface area contributed by atoms with Crippen molar-refractivity contribution in [2.75, 3.05) is 17.6 Å². The number of benzene rings is 2. The molecular weight excluding hydrogens is 295 g/mol. The highest BCUT2D eigenvalue weighted by Gasteiger charge is 2.19. The summed E-state index contributed by atoms with van der Waals surface area (Å²) >= 11 is 0. The fraction of sp³-hybridized carbons (Fsp3) is 0.143. The zero-order chi connectivity index (χ0) is 15.6. The van der Waals surface area contributed by atoms with E-state index >= 15 is 0 Å². The zero-order valence-corrected chi connectivity index (χ0v) is 12.4. The highest BCUT2D eigenvalue weighted by atomic mass is 32.2. The van der Waals surface area contributed by atoms with Crippen molar-refractivity contribution < 1.29 is 17.5 Å². The van der Waals surface area contributed by atoms with Gasteiger partial charge in [-0.15, -0.1) is 0 Å². The van der Waals surface area contributed by atoms with Gasteiger partial charge in [0.2, 0.25) is 0 Å². The Morgan fingerprint density at radius 1 is 1.19 bits per heavy atom. The molecule has 0 aliphatic rings. The lowest BCUT2D eigenvalue weighted by Gasteiger charge is -2.12. The van der Waals surface area contributed by atoms with E-state index in [1.54, 1.807) is 13.0 Å². The molecule has 0 aliphatic heterocycles. The van der Waals surface area contributed by atoms with E-state index in [9.17, 15) is 12.8 Å². The zero-order valence-electron chi connectivity index (χ0n) is 11.6. The molecule has 0 amide bonds. The SMILES string of the molecule is COc1ccc(S(=O)(=O)Nc2ccc(C)cc2F)c(N)c1. The van der Waals surface area contributed by atoms with Gasteiger partial charge in [0.1, 0.15) is 16.5 Å². The summed E-state index contributed by atoms with van der Waals surface area (Å²) in [6.45, 7) is 1.71. The van der Waals surface area contributed by atoms with Crippen LogP contribution < -0.4 is 15.2 Å². The van der Waals surface area contributed by atoms with Crippen molar-refractivity contribution in [1.29, 1.82) is 0 Å². The Labute approximate surface area is 122 Å². The van der Waals surface area contributed by atoms with E-state index in [-0.39, 0.29) is 16.3 Å². The Kier molecular flexibility index (Phi) is 4.04. The van der Waals surface area contributed by atoms with Crippen molar-refractivity contribution in [3.63, 3.8) is 0 Å². The number of hydrogen-bond acceptors (Lipinski definition) is 4. The van der Waals surface area contributed by atoms with Crippen LogP contribution in [-0.2, 0) is 10.0 Å². The molecular formula is C14H15FN2O3S. The van der Waals surface area contributed by atoms with Crippen molar-refractivity contribution >= 4 is 21.4 Å². The minimum absolute atomic E-state index is 0.0226. The fourth-order valence-electron chi connectivity index (χ4n) is 1.80. The maximum absolute atomic E-state index is 13.7. The Bertz CT molecular complexity index is 776. The second-order valence-corrected chi connectivity index (χ2v) is 6.14. The predicted octanol–water partition coefficient (Wildman–Crippen LogP) is 2.53. The Morgan fingerprint density at radius 2 is 1.90 bits per heavy atom. The van der Waals surface area contributed by atoms with Gasteiger partial charge in [-0.25, -0.2) is 12.8 Å². The van der Waals surface area contributed by atoms with Gasteiger partial charge in [0.15, 0.2) is 0 Å². The lowest BCUT2D eigenvalue weighted by molar-refractivity contribution is 0.414. The largest absolute Gasteiger partial charge is 0.497 e. The van der Waals surface area contributed by atoms with Crippen molar-refractivity contribution in [1.82, 2.24) is 0 Å². The van der Waals surface area contributed by atoms with E-state index in [1.807, 2.05) is 0 Å². The topological polar surface area (TPSA) is 81.4 Å². The molecule has 0 unspecified atom stereocenters. The lowest BCUT2D eigenvalue weighted by atomic mass is 10.2. The third kappa shape index (κ3) is 3.25. The molecule has 2 aromatic rings. The predicted molar refractivity (Wildman–Crippen MR) is 79.4 cm³/mol. The van der Waals surface area contributed by atoms with Gasteiger partial charge in [-0.3, -0.25) is 4.72 Å². The Balaban J connectivity index is 2.38. The summed E-state index contributed by atoms with van der Waals surface area (Å²) in [5, 5.41) is 0. The molecule has 0 heterocycles. The molecule has 0 atom stereocenters. The summed E-state index contributed by atoms with van der Waals surface area (Å²) in [6.07, 6.45) is 0. The first kappa shape index (κ1) is 15.1.